The maximum atomic E-state index is 12.7. The molecule has 1 fully saturated rings. The number of halogens is 1. The standard InChI is InChI=1S/C14H17FN2O2/c1-10(18)17-7-6-13(9-17)16-14(19)8-11-2-4-12(15)5-3-11/h2-5,13H,6-9H2,1H3,(H,16,19). The summed E-state index contributed by atoms with van der Waals surface area (Å²) in [6.45, 7) is 2.80. The Balaban J connectivity index is 1.82. The minimum Gasteiger partial charge on any atom is -0.351 e. The number of carbonyl (C=O) groups is 2. The van der Waals surface area contributed by atoms with Gasteiger partial charge in [0.1, 0.15) is 5.82 Å². The number of hydrogen-bond donors (Lipinski definition) is 1. The lowest BCUT2D eigenvalue weighted by molar-refractivity contribution is -0.128. The predicted molar refractivity (Wildman–Crippen MR) is 68.9 cm³/mol. The summed E-state index contributed by atoms with van der Waals surface area (Å²) in [4.78, 5) is 24.7. The van der Waals surface area contributed by atoms with Gasteiger partial charge in [-0.25, -0.2) is 4.39 Å². The molecule has 1 N–H and O–H groups in total. The van der Waals surface area contributed by atoms with E-state index in [4.69, 9.17) is 0 Å². The third kappa shape index (κ3) is 3.77. The average Bonchev–Trinajstić information content (AvgIpc) is 2.80. The van der Waals surface area contributed by atoms with Crippen molar-refractivity contribution in [3.63, 3.8) is 0 Å². The van der Waals surface area contributed by atoms with Gasteiger partial charge in [-0.2, -0.15) is 0 Å². The van der Waals surface area contributed by atoms with Crippen LogP contribution in [0.3, 0.4) is 0 Å². The van der Waals surface area contributed by atoms with Gasteiger partial charge in [0.15, 0.2) is 0 Å². The van der Waals surface area contributed by atoms with E-state index in [1.807, 2.05) is 0 Å². The number of nitrogens with one attached hydrogen (secondary N) is 1. The number of amides is 2. The Bertz CT molecular complexity index is 473. The van der Waals surface area contributed by atoms with Crippen molar-refractivity contribution in [2.24, 2.45) is 0 Å². The van der Waals surface area contributed by atoms with Crippen LogP contribution in [0.15, 0.2) is 24.3 Å². The minimum atomic E-state index is -0.308. The van der Waals surface area contributed by atoms with Gasteiger partial charge in [0.2, 0.25) is 11.8 Å². The molecule has 1 atom stereocenters. The van der Waals surface area contributed by atoms with Crippen LogP contribution < -0.4 is 5.32 Å². The van der Waals surface area contributed by atoms with Gasteiger partial charge in [-0.05, 0) is 24.1 Å². The fourth-order valence-corrected chi connectivity index (χ4v) is 2.23. The van der Waals surface area contributed by atoms with Gasteiger partial charge in [0.05, 0.1) is 6.42 Å². The van der Waals surface area contributed by atoms with Crippen LogP contribution in [0.5, 0.6) is 0 Å². The van der Waals surface area contributed by atoms with Crippen LogP contribution >= 0.6 is 0 Å². The predicted octanol–water partition coefficient (Wildman–Crippen LogP) is 1.11. The quantitative estimate of drug-likeness (QED) is 0.889. The normalized spacial score (nSPS) is 18.4. The monoisotopic (exact) mass is 264 g/mol. The second-order valence-corrected chi connectivity index (χ2v) is 4.82. The molecule has 0 radical (unpaired) electrons. The second kappa shape index (κ2) is 5.82. The molecular weight excluding hydrogens is 247 g/mol. The zero-order valence-electron chi connectivity index (χ0n) is 10.9. The summed E-state index contributed by atoms with van der Waals surface area (Å²) in [6, 6.07) is 5.92. The molecule has 0 spiro atoms. The van der Waals surface area contributed by atoms with Crippen molar-refractivity contribution in [2.45, 2.75) is 25.8 Å². The fraction of sp³-hybridized carbons (Fsp3) is 0.429. The summed E-state index contributed by atoms with van der Waals surface area (Å²) in [5, 5.41) is 2.90. The maximum absolute atomic E-state index is 12.7. The number of rotatable bonds is 3. The molecular formula is C14H17FN2O2. The summed E-state index contributed by atoms with van der Waals surface area (Å²) >= 11 is 0. The molecule has 0 aliphatic carbocycles. The first-order chi connectivity index (χ1) is 9.04. The van der Waals surface area contributed by atoms with Crippen LogP contribution in [0, 0.1) is 5.82 Å². The molecule has 2 amide bonds. The number of hydrogen-bond acceptors (Lipinski definition) is 2. The zero-order valence-corrected chi connectivity index (χ0v) is 10.9. The van der Waals surface area contributed by atoms with Crippen molar-refractivity contribution >= 4 is 11.8 Å². The number of benzene rings is 1. The zero-order chi connectivity index (χ0) is 13.8. The second-order valence-electron chi connectivity index (χ2n) is 4.82. The van der Waals surface area contributed by atoms with E-state index in [0.717, 1.165) is 12.0 Å². The molecule has 1 unspecified atom stereocenters. The van der Waals surface area contributed by atoms with E-state index in [1.165, 1.54) is 19.1 Å². The van der Waals surface area contributed by atoms with Crippen LogP contribution in [0.4, 0.5) is 4.39 Å². The van der Waals surface area contributed by atoms with E-state index in [9.17, 15) is 14.0 Å². The fourth-order valence-electron chi connectivity index (χ4n) is 2.23. The molecule has 19 heavy (non-hydrogen) atoms. The highest BCUT2D eigenvalue weighted by Crippen LogP contribution is 2.10. The number of likely N-dealkylation sites (tertiary alicyclic amines) is 1. The van der Waals surface area contributed by atoms with Gasteiger partial charge in [-0.15, -0.1) is 0 Å². The third-order valence-corrected chi connectivity index (χ3v) is 3.28. The Hall–Kier alpha value is -1.91. The maximum Gasteiger partial charge on any atom is 0.224 e. The van der Waals surface area contributed by atoms with Gasteiger partial charge in [0, 0.05) is 26.1 Å². The first-order valence-electron chi connectivity index (χ1n) is 6.34. The molecule has 0 bridgehead atoms. The Morgan fingerprint density at radius 1 is 1.37 bits per heavy atom. The molecule has 2 rings (SSSR count). The van der Waals surface area contributed by atoms with Crippen LogP contribution in [0.2, 0.25) is 0 Å². The van der Waals surface area contributed by atoms with Crippen LogP contribution in [-0.2, 0) is 16.0 Å². The lowest BCUT2D eigenvalue weighted by atomic mass is 10.1. The largest absolute Gasteiger partial charge is 0.351 e. The molecule has 1 heterocycles. The Morgan fingerprint density at radius 2 is 2.05 bits per heavy atom. The molecule has 1 aromatic rings. The van der Waals surface area contributed by atoms with Gasteiger partial charge < -0.3 is 10.2 Å². The molecule has 102 valence electrons. The first-order valence-corrected chi connectivity index (χ1v) is 6.34. The highest BCUT2D eigenvalue weighted by molar-refractivity contribution is 5.79. The Kier molecular flexibility index (Phi) is 4.14. The van der Waals surface area contributed by atoms with E-state index < -0.39 is 0 Å². The van der Waals surface area contributed by atoms with Crippen LogP contribution in [0.25, 0.3) is 0 Å². The van der Waals surface area contributed by atoms with Crippen molar-refractivity contribution in [1.82, 2.24) is 10.2 Å². The van der Waals surface area contributed by atoms with Crippen molar-refractivity contribution < 1.29 is 14.0 Å². The molecule has 1 saturated heterocycles. The van der Waals surface area contributed by atoms with Crippen molar-refractivity contribution in [2.75, 3.05) is 13.1 Å². The third-order valence-electron chi connectivity index (χ3n) is 3.28. The molecule has 0 aromatic heterocycles. The summed E-state index contributed by atoms with van der Waals surface area (Å²) in [5.74, 6) is -0.366. The van der Waals surface area contributed by atoms with Crippen molar-refractivity contribution in [1.29, 1.82) is 0 Å². The molecule has 1 aromatic carbocycles. The smallest absolute Gasteiger partial charge is 0.224 e. The molecule has 5 heteroatoms. The molecule has 4 nitrogen and oxygen atoms in total. The molecule has 1 aliphatic heterocycles. The van der Waals surface area contributed by atoms with E-state index in [2.05, 4.69) is 5.32 Å². The first kappa shape index (κ1) is 13.5. The molecule has 1 aliphatic rings. The average molecular weight is 264 g/mol. The van der Waals surface area contributed by atoms with Gasteiger partial charge in [0.25, 0.3) is 0 Å². The summed E-state index contributed by atoms with van der Waals surface area (Å²) in [5.41, 5.74) is 0.778. The highest BCUT2D eigenvalue weighted by Gasteiger charge is 2.25. The lowest BCUT2D eigenvalue weighted by Gasteiger charge is -2.15. The van der Waals surface area contributed by atoms with Crippen molar-refractivity contribution in [3.05, 3.63) is 35.6 Å². The highest BCUT2D eigenvalue weighted by atomic mass is 19.1. The van der Waals surface area contributed by atoms with Gasteiger partial charge in [-0.3, -0.25) is 9.59 Å². The van der Waals surface area contributed by atoms with E-state index in [-0.39, 0.29) is 30.1 Å². The Morgan fingerprint density at radius 3 is 2.63 bits per heavy atom. The van der Waals surface area contributed by atoms with E-state index >= 15 is 0 Å². The SMILES string of the molecule is CC(=O)N1CCC(NC(=O)Cc2ccc(F)cc2)C1. The van der Waals surface area contributed by atoms with Crippen molar-refractivity contribution in [3.8, 4) is 0 Å². The van der Waals surface area contributed by atoms with Gasteiger partial charge in [-0.1, -0.05) is 12.1 Å². The van der Waals surface area contributed by atoms with Gasteiger partial charge >= 0.3 is 0 Å². The van der Waals surface area contributed by atoms with E-state index in [0.29, 0.717) is 13.1 Å². The summed E-state index contributed by atoms with van der Waals surface area (Å²) in [6.07, 6.45) is 1.02. The minimum absolute atomic E-state index is 0.0249. The van der Waals surface area contributed by atoms with E-state index in [1.54, 1.807) is 17.0 Å². The summed E-state index contributed by atoms with van der Waals surface area (Å²) in [7, 11) is 0. The molecule has 0 saturated carbocycles. The lowest BCUT2D eigenvalue weighted by Crippen LogP contribution is -2.38. The number of nitrogens with zero attached hydrogens (tertiary/aromatic N) is 1. The Labute approximate surface area is 111 Å². The topological polar surface area (TPSA) is 49.4 Å². The summed E-state index contributed by atoms with van der Waals surface area (Å²) < 4.78 is 12.7. The van der Waals surface area contributed by atoms with Crippen LogP contribution in [-0.4, -0.2) is 35.8 Å². The number of carbonyl (C=O) groups excluding carboxylic acids is 2. The van der Waals surface area contributed by atoms with Crippen LogP contribution in [0.1, 0.15) is 18.9 Å².